The molecule has 1 N–H and O–H groups in total. The Labute approximate surface area is 99.1 Å². The van der Waals surface area contributed by atoms with E-state index in [9.17, 15) is 0 Å². The van der Waals surface area contributed by atoms with Gasteiger partial charge in [-0.1, -0.05) is 34.6 Å². The second-order valence-electron chi connectivity index (χ2n) is 3.02. The van der Waals surface area contributed by atoms with Crippen molar-refractivity contribution in [2.24, 2.45) is 0 Å². The first-order valence-corrected chi connectivity index (χ1v) is 6.25. The number of hydrogen-bond donors (Lipinski definition) is 1. The smallest absolute Gasteiger partial charge is 0.0913 e. The van der Waals surface area contributed by atoms with Gasteiger partial charge < -0.3 is 4.98 Å². The molecular formula is C14H24N2. The van der Waals surface area contributed by atoms with Crippen LogP contribution >= 0.6 is 0 Å². The van der Waals surface area contributed by atoms with Crippen LogP contribution < -0.4 is 0 Å². The van der Waals surface area contributed by atoms with E-state index in [1.165, 1.54) is 5.56 Å². The van der Waals surface area contributed by atoms with E-state index in [1.54, 1.807) is 0 Å². The van der Waals surface area contributed by atoms with Crippen LogP contribution in [0.15, 0.2) is 18.3 Å². The van der Waals surface area contributed by atoms with Gasteiger partial charge in [-0.15, -0.1) is 0 Å². The van der Waals surface area contributed by atoms with Crippen molar-refractivity contribution in [3.8, 4) is 0 Å². The van der Waals surface area contributed by atoms with E-state index in [2.05, 4.69) is 23.0 Å². The number of rotatable bonds is 1. The zero-order chi connectivity index (χ0) is 12.6. The highest BCUT2D eigenvalue weighted by atomic mass is 14.8. The summed E-state index contributed by atoms with van der Waals surface area (Å²) < 4.78 is 0. The fraction of sp³-hybridized carbons (Fsp3) is 0.500. The minimum atomic E-state index is 1.04. The number of hydrogen-bond acceptors (Lipinski definition) is 1. The zero-order valence-electron chi connectivity index (χ0n) is 11.4. The second-order valence-corrected chi connectivity index (χ2v) is 3.02. The number of H-pyrrole nitrogens is 1. The third kappa shape index (κ3) is 3.37. The van der Waals surface area contributed by atoms with Crippen molar-refractivity contribution < 1.29 is 0 Å². The zero-order valence-corrected chi connectivity index (χ0v) is 11.4. The van der Waals surface area contributed by atoms with Crippen LogP contribution in [0.2, 0.25) is 0 Å². The number of pyridine rings is 1. The molecule has 16 heavy (non-hydrogen) atoms. The third-order valence-corrected chi connectivity index (χ3v) is 2.12. The van der Waals surface area contributed by atoms with E-state index >= 15 is 0 Å². The molecule has 2 heterocycles. The molecule has 0 aromatic carbocycles. The van der Waals surface area contributed by atoms with Crippen molar-refractivity contribution in [2.75, 3.05) is 0 Å². The van der Waals surface area contributed by atoms with Crippen LogP contribution in [0.4, 0.5) is 0 Å². The lowest BCUT2D eigenvalue weighted by atomic mass is 10.2. The number of aryl methyl sites for hydroxylation is 2. The molecule has 0 saturated heterocycles. The van der Waals surface area contributed by atoms with Gasteiger partial charge in [0.15, 0.2) is 0 Å². The summed E-state index contributed by atoms with van der Waals surface area (Å²) in [6.45, 7) is 12.2. The number of aromatic nitrogens is 2. The highest BCUT2D eigenvalue weighted by Crippen LogP contribution is 2.16. The fourth-order valence-corrected chi connectivity index (χ4v) is 1.42. The average Bonchev–Trinajstić information content (AvgIpc) is 2.76. The molecule has 0 atom stereocenters. The highest BCUT2D eigenvalue weighted by molar-refractivity contribution is 5.78. The molecule has 0 aliphatic heterocycles. The van der Waals surface area contributed by atoms with Gasteiger partial charge in [-0.25, -0.2) is 0 Å². The Morgan fingerprint density at radius 3 is 2.31 bits per heavy atom. The molecule has 2 aromatic heterocycles. The van der Waals surface area contributed by atoms with Crippen LogP contribution in [0.5, 0.6) is 0 Å². The minimum Gasteiger partial charge on any atom is -0.360 e. The van der Waals surface area contributed by atoms with Crippen LogP contribution in [0.3, 0.4) is 0 Å². The van der Waals surface area contributed by atoms with Gasteiger partial charge in [-0.3, -0.25) is 4.98 Å². The van der Waals surface area contributed by atoms with Crippen LogP contribution in [0, 0.1) is 6.92 Å². The van der Waals surface area contributed by atoms with Gasteiger partial charge >= 0.3 is 0 Å². The lowest BCUT2D eigenvalue weighted by Gasteiger charge is -1.94. The summed E-state index contributed by atoms with van der Waals surface area (Å²) in [5.74, 6) is 0. The largest absolute Gasteiger partial charge is 0.360 e. The molecular weight excluding hydrogens is 196 g/mol. The molecule has 0 radical (unpaired) electrons. The van der Waals surface area contributed by atoms with Gasteiger partial charge in [0.05, 0.1) is 11.0 Å². The molecule has 2 aromatic rings. The molecule has 2 rings (SSSR count). The SMILES string of the molecule is CC.CC.CCc1c[nH]c2ccc(C)nc12. The molecule has 0 aliphatic rings. The normalized spacial score (nSPS) is 8.88. The lowest BCUT2D eigenvalue weighted by molar-refractivity contribution is 1.14. The van der Waals surface area contributed by atoms with Crippen molar-refractivity contribution in [2.45, 2.75) is 48.0 Å². The first-order valence-electron chi connectivity index (χ1n) is 6.25. The maximum absolute atomic E-state index is 4.48. The van der Waals surface area contributed by atoms with E-state index in [4.69, 9.17) is 0 Å². The Morgan fingerprint density at radius 1 is 1.12 bits per heavy atom. The van der Waals surface area contributed by atoms with Crippen LogP contribution in [0.1, 0.15) is 45.9 Å². The lowest BCUT2D eigenvalue weighted by Crippen LogP contribution is -1.83. The van der Waals surface area contributed by atoms with E-state index in [0.29, 0.717) is 0 Å². The maximum atomic E-state index is 4.48. The molecule has 0 aliphatic carbocycles. The van der Waals surface area contributed by atoms with Gasteiger partial charge in [0.2, 0.25) is 0 Å². The first-order chi connectivity index (χ1) is 7.81. The van der Waals surface area contributed by atoms with Gasteiger partial charge in [-0.05, 0) is 31.0 Å². The van der Waals surface area contributed by atoms with Crippen LogP contribution in [0.25, 0.3) is 11.0 Å². The Bertz CT molecular complexity index is 402. The Morgan fingerprint density at radius 2 is 1.75 bits per heavy atom. The van der Waals surface area contributed by atoms with Crippen molar-refractivity contribution >= 4 is 11.0 Å². The Balaban J connectivity index is 0.000000509. The molecule has 2 nitrogen and oxygen atoms in total. The van der Waals surface area contributed by atoms with Crippen molar-refractivity contribution in [1.82, 2.24) is 9.97 Å². The van der Waals surface area contributed by atoms with Gasteiger partial charge in [0.1, 0.15) is 0 Å². The average molecular weight is 220 g/mol. The number of nitrogens with zero attached hydrogens (tertiary/aromatic N) is 1. The maximum Gasteiger partial charge on any atom is 0.0913 e. The summed E-state index contributed by atoms with van der Waals surface area (Å²) in [6, 6.07) is 4.11. The molecule has 0 unspecified atom stereocenters. The molecule has 90 valence electrons. The summed E-state index contributed by atoms with van der Waals surface area (Å²) >= 11 is 0. The van der Waals surface area contributed by atoms with Crippen molar-refractivity contribution in [3.63, 3.8) is 0 Å². The van der Waals surface area contributed by atoms with E-state index in [-0.39, 0.29) is 0 Å². The first kappa shape index (κ1) is 14.7. The van der Waals surface area contributed by atoms with E-state index in [0.717, 1.165) is 23.1 Å². The summed E-state index contributed by atoms with van der Waals surface area (Å²) in [5.41, 5.74) is 4.64. The quantitative estimate of drug-likeness (QED) is 0.754. The standard InChI is InChI=1S/C10H12N2.2C2H6/c1-3-8-6-11-9-5-4-7(2)12-10(8)9;2*1-2/h4-6,11H,3H2,1-2H3;2*1-2H3. The summed E-state index contributed by atoms with van der Waals surface area (Å²) in [6.07, 6.45) is 3.08. The third-order valence-electron chi connectivity index (χ3n) is 2.12. The Hall–Kier alpha value is -1.31. The monoisotopic (exact) mass is 220 g/mol. The highest BCUT2D eigenvalue weighted by Gasteiger charge is 2.01. The Kier molecular flexibility index (Phi) is 7.27. The minimum absolute atomic E-state index is 1.04. The van der Waals surface area contributed by atoms with Gasteiger partial charge in [0.25, 0.3) is 0 Å². The molecule has 0 fully saturated rings. The topological polar surface area (TPSA) is 28.7 Å². The number of aromatic amines is 1. The summed E-state index contributed by atoms with van der Waals surface area (Å²) in [5, 5.41) is 0. The predicted molar refractivity (Wildman–Crippen MR) is 72.9 cm³/mol. The van der Waals surface area contributed by atoms with Crippen molar-refractivity contribution in [1.29, 1.82) is 0 Å². The van der Waals surface area contributed by atoms with E-state index in [1.807, 2.05) is 46.9 Å². The van der Waals surface area contributed by atoms with E-state index < -0.39 is 0 Å². The van der Waals surface area contributed by atoms with Crippen LogP contribution in [-0.2, 0) is 6.42 Å². The predicted octanol–water partition coefficient (Wildman–Crippen LogP) is 4.49. The van der Waals surface area contributed by atoms with Gasteiger partial charge in [-0.2, -0.15) is 0 Å². The molecule has 0 saturated carbocycles. The van der Waals surface area contributed by atoms with Crippen LogP contribution in [-0.4, -0.2) is 9.97 Å². The fourth-order valence-electron chi connectivity index (χ4n) is 1.42. The summed E-state index contributed by atoms with van der Waals surface area (Å²) in [4.78, 5) is 7.68. The van der Waals surface area contributed by atoms with Crippen molar-refractivity contribution in [3.05, 3.63) is 29.6 Å². The number of nitrogens with one attached hydrogen (secondary N) is 1. The van der Waals surface area contributed by atoms with Gasteiger partial charge in [0, 0.05) is 11.9 Å². The second kappa shape index (κ2) is 7.91. The molecule has 0 amide bonds. The molecule has 0 bridgehead atoms. The summed E-state index contributed by atoms with van der Waals surface area (Å²) in [7, 11) is 0. The molecule has 2 heteroatoms. The molecule has 0 spiro atoms. The number of fused-ring (bicyclic) bond motifs is 1.